The van der Waals surface area contributed by atoms with Crippen molar-refractivity contribution in [2.45, 2.75) is 45.6 Å². The molecule has 0 atom stereocenters. The molecule has 1 heterocycles. The van der Waals surface area contributed by atoms with E-state index in [4.69, 9.17) is 4.74 Å². The van der Waals surface area contributed by atoms with Crippen molar-refractivity contribution in [3.05, 3.63) is 24.0 Å². The molecule has 1 saturated carbocycles. The van der Waals surface area contributed by atoms with Gasteiger partial charge in [-0.3, -0.25) is 0 Å². The lowest BCUT2D eigenvalue weighted by Crippen LogP contribution is -2.18. The summed E-state index contributed by atoms with van der Waals surface area (Å²) < 4.78 is 7.11. The third kappa shape index (κ3) is 3.11. The summed E-state index contributed by atoms with van der Waals surface area (Å²) in [6.45, 7) is 3.24. The normalized spacial score (nSPS) is 17.0. The van der Waals surface area contributed by atoms with Crippen molar-refractivity contribution in [3.8, 4) is 0 Å². The molecule has 0 radical (unpaired) electrons. The average molecular weight is 235 g/mol. The van der Waals surface area contributed by atoms with Crippen molar-refractivity contribution in [3.63, 3.8) is 0 Å². The van der Waals surface area contributed by atoms with Gasteiger partial charge in [0.1, 0.15) is 5.69 Å². The minimum atomic E-state index is -0.201. The summed E-state index contributed by atoms with van der Waals surface area (Å²) in [5.41, 5.74) is 0.692. The molecule has 1 aliphatic carbocycles. The van der Waals surface area contributed by atoms with Gasteiger partial charge in [0, 0.05) is 12.7 Å². The number of aromatic nitrogens is 1. The van der Waals surface area contributed by atoms with E-state index in [1.165, 1.54) is 32.1 Å². The first-order valence-corrected chi connectivity index (χ1v) is 6.63. The summed E-state index contributed by atoms with van der Waals surface area (Å²) in [6.07, 6.45) is 8.61. The van der Waals surface area contributed by atoms with E-state index in [1.807, 2.05) is 29.8 Å². The van der Waals surface area contributed by atoms with Crippen molar-refractivity contribution in [2.24, 2.45) is 5.92 Å². The minimum Gasteiger partial charge on any atom is -0.461 e. The van der Waals surface area contributed by atoms with Crippen molar-refractivity contribution < 1.29 is 9.53 Å². The van der Waals surface area contributed by atoms with Gasteiger partial charge in [-0.15, -0.1) is 0 Å². The smallest absolute Gasteiger partial charge is 0.354 e. The van der Waals surface area contributed by atoms with Crippen LogP contribution in [0.5, 0.6) is 0 Å². The molecule has 0 amide bonds. The molecule has 1 fully saturated rings. The third-order valence-corrected chi connectivity index (χ3v) is 3.49. The molecule has 1 aromatic heterocycles. The standard InChI is InChI=1S/C14H21NO2/c1-2-17-14(16)13-9-6-10-15(13)11-12-7-4-3-5-8-12/h6,9-10,12H,2-5,7-8,11H2,1H3. The Bertz CT molecular complexity index is 364. The van der Waals surface area contributed by atoms with E-state index in [1.54, 1.807) is 0 Å². The zero-order chi connectivity index (χ0) is 12.1. The molecule has 1 aliphatic rings. The van der Waals surface area contributed by atoms with Gasteiger partial charge in [-0.1, -0.05) is 19.3 Å². The predicted molar refractivity (Wildman–Crippen MR) is 67.0 cm³/mol. The molecule has 0 unspecified atom stereocenters. The molecule has 94 valence electrons. The van der Waals surface area contributed by atoms with Gasteiger partial charge in [0.05, 0.1) is 6.61 Å². The molecule has 0 aliphatic heterocycles. The number of esters is 1. The average Bonchev–Trinajstić information content (AvgIpc) is 2.79. The SMILES string of the molecule is CCOC(=O)c1cccn1CC1CCCCC1. The fraction of sp³-hybridized carbons (Fsp3) is 0.643. The first-order valence-electron chi connectivity index (χ1n) is 6.63. The molecule has 3 heteroatoms. The van der Waals surface area contributed by atoms with Crippen molar-refractivity contribution in [2.75, 3.05) is 6.61 Å². The molecule has 2 rings (SSSR count). The number of nitrogens with zero attached hydrogens (tertiary/aromatic N) is 1. The molecule has 3 nitrogen and oxygen atoms in total. The van der Waals surface area contributed by atoms with E-state index in [2.05, 4.69) is 0 Å². The summed E-state index contributed by atoms with van der Waals surface area (Å²) in [5.74, 6) is 0.526. The fourth-order valence-corrected chi connectivity index (χ4v) is 2.61. The van der Waals surface area contributed by atoms with Crippen molar-refractivity contribution in [1.29, 1.82) is 0 Å². The van der Waals surface area contributed by atoms with Crippen molar-refractivity contribution in [1.82, 2.24) is 4.57 Å². The maximum atomic E-state index is 11.7. The van der Waals surface area contributed by atoms with E-state index in [9.17, 15) is 4.79 Å². The Morgan fingerprint density at radius 3 is 2.88 bits per heavy atom. The molecule has 17 heavy (non-hydrogen) atoms. The molecule has 0 bridgehead atoms. The molecular formula is C14H21NO2. The van der Waals surface area contributed by atoms with E-state index >= 15 is 0 Å². The summed E-state index contributed by atoms with van der Waals surface area (Å²) in [5, 5.41) is 0. The Kier molecular flexibility index (Phi) is 4.24. The van der Waals surface area contributed by atoms with Crippen LogP contribution in [-0.2, 0) is 11.3 Å². The van der Waals surface area contributed by atoms with Gasteiger partial charge < -0.3 is 9.30 Å². The summed E-state index contributed by atoms with van der Waals surface area (Å²) in [6, 6.07) is 3.77. The van der Waals surface area contributed by atoms with Crippen molar-refractivity contribution >= 4 is 5.97 Å². The van der Waals surface area contributed by atoms with Crippen LogP contribution in [-0.4, -0.2) is 17.1 Å². The predicted octanol–water partition coefficient (Wildman–Crippen LogP) is 3.25. The van der Waals surface area contributed by atoms with E-state index in [0.29, 0.717) is 12.3 Å². The molecule has 1 aromatic rings. The third-order valence-electron chi connectivity index (χ3n) is 3.49. The van der Waals surface area contributed by atoms with Gasteiger partial charge in [-0.2, -0.15) is 0 Å². The van der Waals surface area contributed by atoms with Crippen LogP contribution in [0.4, 0.5) is 0 Å². The highest BCUT2D eigenvalue weighted by atomic mass is 16.5. The summed E-state index contributed by atoms with van der Waals surface area (Å²) in [7, 11) is 0. The maximum Gasteiger partial charge on any atom is 0.354 e. The zero-order valence-electron chi connectivity index (χ0n) is 10.5. The minimum absolute atomic E-state index is 0.201. The highest BCUT2D eigenvalue weighted by molar-refractivity contribution is 5.87. The topological polar surface area (TPSA) is 31.2 Å². The van der Waals surface area contributed by atoms with Crippen LogP contribution in [0.2, 0.25) is 0 Å². The lowest BCUT2D eigenvalue weighted by atomic mass is 9.89. The van der Waals surface area contributed by atoms with E-state index in [0.717, 1.165) is 12.5 Å². The van der Waals surface area contributed by atoms with Crippen LogP contribution in [0.3, 0.4) is 0 Å². The Morgan fingerprint density at radius 2 is 2.18 bits per heavy atom. The monoisotopic (exact) mass is 235 g/mol. The fourth-order valence-electron chi connectivity index (χ4n) is 2.61. The van der Waals surface area contributed by atoms with Gasteiger partial charge in [0.2, 0.25) is 0 Å². The van der Waals surface area contributed by atoms with Gasteiger partial charge in [0.25, 0.3) is 0 Å². The summed E-state index contributed by atoms with van der Waals surface area (Å²) >= 11 is 0. The Hall–Kier alpha value is -1.25. The first-order chi connectivity index (χ1) is 8.31. The summed E-state index contributed by atoms with van der Waals surface area (Å²) in [4.78, 5) is 11.7. The second-order valence-corrected chi connectivity index (χ2v) is 4.77. The van der Waals surface area contributed by atoms with Crippen LogP contribution in [0.15, 0.2) is 18.3 Å². The number of ether oxygens (including phenoxy) is 1. The molecule has 0 aromatic carbocycles. The van der Waals surface area contributed by atoms with Crippen LogP contribution in [0.1, 0.15) is 49.5 Å². The molecule has 0 N–H and O–H groups in total. The number of carbonyl (C=O) groups excluding carboxylic acids is 1. The van der Waals surface area contributed by atoms with Crippen LogP contribution in [0.25, 0.3) is 0 Å². The van der Waals surface area contributed by atoms with Gasteiger partial charge in [-0.05, 0) is 37.8 Å². The van der Waals surface area contributed by atoms with Gasteiger partial charge >= 0.3 is 5.97 Å². The highest BCUT2D eigenvalue weighted by Gasteiger charge is 2.17. The van der Waals surface area contributed by atoms with E-state index in [-0.39, 0.29) is 5.97 Å². The van der Waals surface area contributed by atoms with Crippen LogP contribution < -0.4 is 0 Å². The second-order valence-electron chi connectivity index (χ2n) is 4.77. The quantitative estimate of drug-likeness (QED) is 0.750. The van der Waals surface area contributed by atoms with Gasteiger partial charge in [0.15, 0.2) is 0 Å². The number of hydrogen-bond donors (Lipinski definition) is 0. The molecule has 0 saturated heterocycles. The van der Waals surface area contributed by atoms with Crippen LogP contribution >= 0.6 is 0 Å². The highest BCUT2D eigenvalue weighted by Crippen LogP contribution is 2.25. The maximum absolute atomic E-state index is 11.7. The Morgan fingerprint density at radius 1 is 1.41 bits per heavy atom. The largest absolute Gasteiger partial charge is 0.461 e. The zero-order valence-corrected chi connectivity index (χ0v) is 10.5. The lowest BCUT2D eigenvalue weighted by molar-refractivity contribution is 0.0512. The second kappa shape index (κ2) is 5.89. The lowest BCUT2D eigenvalue weighted by Gasteiger charge is -2.22. The van der Waals surface area contributed by atoms with Gasteiger partial charge in [-0.25, -0.2) is 4.79 Å². The Balaban J connectivity index is 2.00. The number of hydrogen-bond acceptors (Lipinski definition) is 2. The first kappa shape index (κ1) is 12.2. The van der Waals surface area contributed by atoms with E-state index < -0.39 is 0 Å². The number of rotatable bonds is 4. The molecule has 0 spiro atoms. The van der Waals surface area contributed by atoms with Crippen LogP contribution in [0, 0.1) is 5.92 Å². The molecular weight excluding hydrogens is 214 g/mol. The Labute approximate surface area is 103 Å². The number of carbonyl (C=O) groups is 1.